The molecule has 8 nitrogen and oxygen atoms in total. The summed E-state index contributed by atoms with van der Waals surface area (Å²) in [4.78, 5) is 24.2. The fourth-order valence-electron chi connectivity index (χ4n) is 3.54. The van der Waals surface area contributed by atoms with E-state index in [9.17, 15) is 9.59 Å². The van der Waals surface area contributed by atoms with Crippen molar-refractivity contribution in [2.75, 3.05) is 13.2 Å². The standard InChI is InChI=1S/C30H36Br2N4O4/c1-3-17-39-27-15-13-25(31)19-23(27)21-33-35-29(37)11-9-7-5-6-8-10-12-30(38)36-34-22-24-20-26(32)14-16-28(24)40-18-4-2/h3-4,13-16,19-22H,1-2,5-12,17-18H2,(H,35,37)(H,36,38)/b33-21-,34-22-. The Bertz CT molecular complexity index is 1090. The highest BCUT2D eigenvalue weighted by Crippen LogP contribution is 2.23. The molecular formula is C30H36Br2N4O4. The summed E-state index contributed by atoms with van der Waals surface area (Å²) >= 11 is 6.86. The van der Waals surface area contributed by atoms with Crippen molar-refractivity contribution in [2.24, 2.45) is 10.2 Å². The maximum atomic E-state index is 12.1. The molecule has 2 rings (SSSR count). The number of halogens is 2. The Morgan fingerprint density at radius 3 is 1.50 bits per heavy atom. The number of benzene rings is 2. The quantitative estimate of drug-likeness (QED) is 0.0720. The first-order valence-corrected chi connectivity index (χ1v) is 14.7. The summed E-state index contributed by atoms with van der Waals surface area (Å²) in [6.45, 7) is 8.07. The molecule has 2 aromatic carbocycles. The summed E-state index contributed by atoms with van der Waals surface area (Å²) < 4.78 is 13.0. The van der Waals surface area contributed by atoms with Gasteiger partial charge in [0.05, 0.1) is 12.4 Å². The van der Waals surface area contributed by atoms with Gasteiger partial charge in [-0.2, -0.15) is 10.2 Å². The van der Waals surface area contributed by atoms with Crippen LogP contribution >= 0.6 is 31.9 Å². The van der Waals surface area contributed by atoms with Crippen molar-refractivity contribution in [3.05, 3.63) is 81.8 Å². The molecule has 2 aromatic rings. The first-order chi connectivity index (χ1) is 19.4. The summed E-state index contributed by atoms with van der Waals surface area (Å²) in [7, 11) is 0. The smallest absolute Gasteiger partial charge is 0.240 e. The van der Waals surface area contributed by atoms with Crippen LogP contribution in [0.5, 0.6) is 11.5 Å². The summed E-state index contributed by atoms with van der Waals surface area (Å²) in [6.07, 6.45) is 12.8. The minimum absolute atomic E-state index is 0.126. The zero-order valence-corrected chi connectivity index (χ0v) is 25.7. The van der Waals surface area contributed by atoms with Crippen LogP contribution in [0.1, 0.15) is 62.5 Å². The fourth-order valence-corrected chi connectivity index (χ4v) is 4.30. The minimum atomic E-state index is -0.126. The molecule has 0 spiro atoms. The third-order valence-corrected chi connectivity index (χ3v) is 6.49. The Hall–Kier alpha value is -3.24. The van der Waals surface area contributed by atoms with E-state index < -0.39 is 0 Å². The van der Waals surface area contributed by atoms with E-state index in [0.29, 0.717) is 37.6 Å². The Morgan fingerprint density at radius 2 is 1.10 bits per heavy atom. The highest BCUT2D eigenvalue weighted by molar-refractivity contribution is 9.10. The molecule has 0 heterocycles. The monoisotopic (exact) mass is 674 g/mol. The van der Waals surface area contributed by atoms with Crippen molar-refractivity contribution in [1.29, 1.82) is 0 Å². The van der Waals surface area contributed by atoms with Gasteiger partial charge < -0.3 is 9.47 Å². The van der Waals surface area contributed by atoms with Crippen LogP contribution in [-0.4, -0.2) is 37.5 Å². The number of unbranched alkanes of at least 4 members (excludes halogenated alkanes) is 5. The third-order valence-electron chi connectivity index (χ3n) is 5.50. The van der Waals surface area contributed by atoms with E-state index in [-0.39, 0.29) is 11.8 Å². The van der Waals surface area contributed by atoms with Gasteiger partial charge in [0.15, 0.2) is 0 Å². The molecule has 0 aliphatic carbocycles. The number of ether oxygens (including phenoxy) is 2. The molecule has 0 saturated carbocycles. The van der Waals surface area contributed by atoms with Crippen LogP contribution in [-0.2, 0) is 9.59 Å². The lowest BCUT2D eigenvalue weighted by Gasteiger charge is -2.07. The molecule has 0 aliphatic rings. The third kappa shape index (κ3) is 13.7. The van der Waals surface area contributed by atoms with Crippen LogP contribution in [0.4, 0.5) is 0 Å². The van der Waals surface area contributed by atoms with Crippen LogP contribution in [0, 0.1) is 0 Å². The SMILES string of the molecule is C=CCOc1ccc(Br)cc1/C=N\NC(=O)CCCCCCCCC(=O)N/N=C\c1cc(Br)ccc1OCC=C. The van der Waals surface area contributed by atoms with Gasteiger partial charge in [-0.05, 0) is 49.2 Å². The highest BCUT2D eigenvalue weighted by Gasteiger charge is 2.05. The van der Waals surface area contributed by atoms with Crippen LogP contribution in [0.15, 0.2) is 80.9 Å². The Morgan fingerprint density at radius 1 is 0.700 bits per heavy atom. The second-order valence-corrected chi connectivity index (χ2v) is 10.6. The van der Waals surface area contributed by atoms with Crippen LogP contribution in [0.3, 0.4) is 0 Å². The fraction of sp³-hybridized carbons (Fsp3) is 0.333. The predicted molar refractivity (Wildman–Crippen MR) is 168 cm³/mol. The number of carbonyl (C=O) groups is 2. The highest BCUT2D eigenvalue weighted by atomic mass is 79.9. The van der Waals surface area contributed by atoms with E-state index in [1.165, 1.54) is 0 Å². The van der Waals surface area contributed by atoms with Gasteiger partial charge >= 0.3 is 0 Å². The zero-order valence-electron chi connectivity index (χ0n) is 22.5. The summed E-state index contributed by atoms with van der Waals surface area (Å²) in [6, 6.07) is 11.2. The summed E-state index contributed by atoms with van der Waals surface area (Å²) in [5.41, 5.74) is 6.65. The Balaban J connectivity index is 1.56. The van der Waals surface area contributed by atoms with Gasteiger partial charge in [-0.1, -0.05) is 82.9 Å². The molecule has 0 aliphatic heterocycles. The first-order valence-electron chi connectivity index (χ1n) is 13.1. The first kappa shape index (κ1) is 33.0. The van der Waals surface area contributed by atoms with Crippen LogP contribution in [0.25, 0.3) is 0 Å². The lowest BCUT2D eigenvalue weighted by atomic mass is 10.1. The molecule has 214 valence electrons. The van der Waals surface area contributed by atoms with Gasteiger partial charge in [0.25, 0.3) is 0 Å². The molecule has 40 heavy (non-hydrogen) atoms. The molecule has 0 unspecified atom stereocenters. The van der Waals surface area contributed by atoms with Gasteiger partial charge in [-0.3, -0.25) is 9.59 Å². The number of nitrogens with one attached hydrogen (secondary N) is 2. The molecule has 2 amide bonds. The number of hydrazone groups is 2. The number of hydrogen-bond donors (Lipinski definition) is 2. The molecule has 0 radical (unpaired) electrons. The summed E-state index contributed by atoms with van der Waals surface area (Å²) in [5.74, 6) is 1.07. The number of amides is 2. The average molecular weight is 676 g/mol. The van der Waals surface area contributed by atoms with E-state index >= 15 is 0 Å². The largest absolute Gasteiger partial charge is 0.489 e. The van der Waals surface area contributed by atoms with Crippen molar-refractivity contribution in [3.8, 4) is 11.5 Å². The lowest BCUT2D eigenvalue weighted by molar-refractivity contribution is -0.122. The maximum absolute atomic E-state index is 12.1. The van der Waals surface area contributed by atoms with Gasteiger partial charge in [-0.15, -0.1) is 0 Å². The number of rotatable bonds is 19. The van der Waals surface area contributed by atoms with E-state index in [1.807, 2.05) is 36.4 Å². The van der Waals surface area contributed by atoms with Crippen molar-refractivity contribution in [1.82, 2.24) is 10.9 Å². The Labute approximate surface area is 253 Å². The molecule has 0 saturated heterocycles. The lowest BCUT2D eigenvalue weighted by Crippen LogP contribution is -2.17. The van der Waals surface area contributed by atoms with E-state index in [2.05, 4.69) is 66.1 Å². The van der Waals surface area contributed by atoms with Gasteiger partial charge in [0.1, 0.15) is 24.7 Å². The molecule has 0 atom stereocenters. The number of carbonyl (C=O) groups excluding carboxylic acids is 2. The van der Waals surface area contributed by atoms with E-state index in [0.717, 1.165) is 58.6 Å². The summed E-state index contributed by atoms with van der Waals surface area (Å²) in [5, 5.41) is 8.11. The average Bonchev–Trinajstić information content (AvgIpc) is 2.93. The van der Waals surface area contributed by atoms with E-state index in [1.54, 1.807) is 24.6 Å². The van der Waals surface area contributed by atoms with E-state index in [4.69, 9.17) is 9.47 Å². The maximum Gasteiger partial charge on any atom is 0.240 e. The molecular weight excluding hydrogens is 640 g/mol. The van der Waals surface area contributed by atoms with Crippen molar-refractivity contribution < 1.29 is 19.1 Å². The van der Waals surface area contributed by atoms with Crippen LogP contribution in [0.2, 0.25) is 0 Å². The second-order valence-electron chi connectivity index (χ2n) is 8.77. The number of hydrogen-bond acceptors (Lipinski definition) is 6. The normalized spacial score (nSPS) is 10.9. The number of nitrogens with zero attached hydrogens (tertiary/aromatic N) is 2. The predicted octanol–water partition coefficient (Wildman–Crippen LogP) is 7.06. The Kier molecular flexibility index (Phi) is 16.3. The molecule has 0 bridgehead atoms. The minimum Gasteiger partial charge on any atom is -0.489 e. The van der Waals surface area contributed by atoms with Crippen molar-refractivity contribution in [3.63, 3.8) is 0 Å². The second kappa shape index (κ2) is 19.8. The van der Waals surface area contributed by atoms with Gasteiger partial charge in [0, 0.05) is 32.9 Å². The zero-order chi connectivity index (χ0) is 29.0. The molecule has 0 aromatic heterocycles. The van der Waals surface area contributed by atoms with Crippen molar-refractivity contribution >= 4 is 56.1 Å². The van der Waals surface area contributed by atoms with Crippen LogP contribution < -0.4 is 20.3 Å². The van der Waals surface area contributed by atoms with Gasteiger partial charge in [0.2, 0.25) is 11.8 Å². The topological polar surface area (TPSA) is 101 Å². The molecule has 2 N–H and O–H groups in total. The van der Waals surface area contributed by atoms with Crippen molar-refractivity contribution in [2.45, 2.75) is 51.4 Å². The van der Waals surface area contributed by atoms with Gasteiger partial charge in [-0.25, -0.2) is 10.9 Å². The molecule has 0 fully saturated rings. The molecule has 10 heteroatoms.